The molecule has 9 heteroatoms. The van der Waals surface area contributed by atoms with Crippen molar-refractivity contribution in [2.75, 3.05) is 11.8 Å². The number of nitrogens with one attached hydrogen (secondary N) is 1. The van der Waals surface area contributed by atoms with Gasteiger partial charge in [-0.2, -0.15) is 0 Å². The number of ether oxygens (including phenoxy) is 1. The van der Waals surface area contributed by atoms with Gasteiger partial charge in [0.15, 0.2) is 0 Å². The van der Waals surface area contributed by atoms with Crippen molar-refractivity contribution in [3.05, 3.63) is 68.8 Å². The highest BCUT2D eigenvalue weighted by Gasteiger charge is 2.31. The minimum atomic E-state index is -3.96. The van der Waals surface area contributed by atoms with Gasteiger partial charge in [-0.05, 0) is 40.2 Å². The van der Waals surface area contributed by atoms with Crippen LogP contribution in [0.1, 0.15) is 36.9 Å². The maximum absolute atomic E-state index is 13.3. The van der Waals surface area contributed by atoms with Crippen molar-refractivity contribution in [2.45, 2.75) is 31.1 Å². The Morgan fingerprint density at radius 3 is 2.30 bits per heavy atom. The molecule has 0 bridgehead atoms. The maximum Gasteiger partial charge on any atom is 0.342 e. The van der Waals surface area contributed by atoms with Crippen LogP contribution in [0.15, 0.2) is 66.8 Å². The van der Waals surface area contributed by atoms with Gasteiger partial charge in [0.1, 0.15) is 21.8 Å². The van der Waals surface area contributed by atoms with Gasteiger partial charge in [0.25, 0.3) is 10.0 Å². The smallest absolute Gasteiger partial charge is 0.342 e. The minimum absolute atomic E-state index is 0.0804. The summed E-state index contributed by atoms with van der Waals surface area (Å²) < 4.78 is 41.6. The van der Waals surface area contributed by atoms with Crippen LogP contribution in [-0.2, 0) is 20.2 Å². The molecule has 0 aliphatic carbocycles. The van der Waals surface area contributed by atoms with Crippen LogP contribution in [0.2, 0.25) is 0 Å². The number of furan rings is 1. The molecule has 0 aliphatic heterocycles. The van der Waals surface area contributed by atoms with Gasteiger partial charge in [0.2, 0.25) is 0 Å². The fraction of sp³-hybridized carbons (Fsp3) is 0.208. The van der Waals surface area contributed by atoms with Crippen LogP contribution in [0.4, 0.5) is 5.69 Å². The van der Waals surface area contributed by atoms with E-state index in [0.29, 0.717) is 42.1 Å². The topological polar surface area (TPSA) is 85.6 Å². The van der Waals surface area contributed by atoms with E-state index in [1.54, 1.807) is 24.3 Å². The first kappa shape index (κ1) is 23.8. The highest BCUT2D eigenvalue weighted by molar-refractivity contribution is 9.11. The van der Waals surface area contributed by atoms with E-state index < -0.39 is 21.4 Å². The lowest BCUT2D eigenvalue weighted by Gasteiger charge is -2.16. The van der Waals surface area contributed by atoms with E-state index in [4.69, 9.17) is 9.15 Å². The zero-order chi connectivity index (χ0) is 24.1. The third-order valence-electron chi connectivity index (χ3n) is 5.19. The quantitative estimate of drug-likeness (QED) is 0.257. The number of esters is 1. The summed E-state index contributed by atoms with van der Waals surface area (Å²) in [5.41, 5.74) is 0.638. The Morgan fingerprint density at radius 2 is 1.67 bits per heavy atom. The van der Waals surface area contributed by atoms with Crippen LogP contribution >= 0.6 is 31.9 Å². The lowest BCUT2D eigenvalue weighted by Crippen LogP contribution is -2.16. The monoisotopic (exact) mass is 593 g/mol. The summed E-state index contributed by atoms with van der Waals surface area (Å²) in [6, 6.07) is 13.8. The number of fused-ring (bicyclic) bond motifs is 3. The summed E-state index contributed by atoms with van der Waals surface area (Å²) in [5, 5.41) is 1.81. The van der Waals surface area contributed by atoms with E-state index >= 15 is 0 Å². The Morgan fingerprint density at radius 1 is 1.00 bits per heavy atom. The van der Waals surface area contributed by atoms with Gasteiger partial charge in [-0.15, -0.1) is 0 Å². The molecule has 1 N–H and O–H groups in total. The first-order chi connectivity index (χ1) is 15.4. The molecule has 0 atom stereocenters. The predicted octanol–water partition coefficient (Wildman–Crippen LogP) is 7.00. The van der Waals surface area contributed by atoms with Gasteiger partial charge in [0, 0.05) is 30.5 Å². The molecule has 0 spiro atoms. The van der Waals surface area contributed by atoms with Crippen molar-refractivity contribution in [1.82, 2.24) is 0 Å². The first-order valence-corrected chi connectivity index (χ1v) is 13.1. The fourth-order valence-corrected chi connectivity index (χ4v) is 6.29. The SMILES string of the molecule is COC(=O)c1c(C(C)(C)C)oc2c1cc(NS(=O)(=O)c1cc(Br)ccc1Br)c1ccccc12. The highest BCUT2D eigenvalue weighted by Crippen LogP contribution is 2.41. The van der Waals surface area contributed by atoms with Crippen LogP contribution in [0.5, 0.6) is 0 Å². The lowest BCUT2D eigenvalue weighted by molar-refractivity contribution is 0.0598. The number of halogens is 2. The predicted molar refractivity (Wildman–Crippen MR) is 136 cm³/mol. The maximum atomic E-state index is 13.3. The Kier molecular flexibility index (Phi) is 6.09. The van der Waals surface area contributed by atoms with Gasteiger partial charge < -0.3 is 9.15 Å². The average Bonchev–Trinajstić information content (AvgIpc) is 3.15. The summed E-state index contributed by atoms with van der Waals surface area (Å²) >= 11 is 6.64. The first-order valence-electron chi connectivity index (χ1n) is 9.99. The van der Waals surface area contributed by atoms with Gasteiger partial charge in [-0.1, -0.05) is 61.0 Å². The van der Waals surface area contributed by atoms with Crippen LogP contribution < -0.4 is 4.72 Å². The van der Waals surface area contributed by atoms with Crippen molar-refractivity contribution >= 4 is 75.3 Å². The Bertz CT molecular complexity index is 1520. The zero-order valence-electron chi connectivity index (χ0n) is 18.3. The van der Waals surface area contributed by atoms with Crippen molar-refractivity contribution < 1.29 is 22.4 Å². The van der Waals surface area contributed by atoms with E-state index in [1.165, 1.54) is 13.2 Å². The number of anilines is 1. The molecule has 6 nitrogen and oxygen atoms in total. The molecule has 1 heterocycles. The van der Waals surface area contributed by atoms with E-state index in [2.05, 4.69) is 36.6 Å². The van der Waals surface area contributed by atoms with E-state index in [1.807, 2.05) is 39.0 Å². The largest absolute Gasteiger partial charge is 0.465 e. The molecule has 0 aliphatic rings. The third-order valence-corrected chi connectivity index (χ3v) is 8.05. The van der Waals surface area contributed by atoms with Crippen LogP contribution in [-0.4, -0.2) is 21.5 Å². The Balaban J connectivity index is 2.03. The van der Waals surface area contributed by atoms with Gasteiger partial charge in [-0.25, -0.2) is 13.2 Å². The van der Waals surface area contributed by atoms with Gasteiger partial charge >= 0.3 is 5.97 Å². The molecule has 1 aromatic heterocycles. The summed E-state index contributed by atoms with van der Waals surface area (Å²) in [6.07, 6.45) is 0. The molecular weight excluding hydrogens is 574 g/mol. The average molecular weight is 595 g/mol. The van der Waals surface area contributed by atoms with Crippen LogP contribution in [0.3, 0.4) is 0 Å². The third kappa shape index (κ3) is 4.29. The molecule has 0 amide bonds. The standard InChI is InChI=1S/C24H21Br2NO5S/c1-24(2,3)22-20(23(28)31-4)16-12-18(14-7-5-6-8-15(14)21(16)32-22)27-33(29,30)19-11-13(25)9-10-17(19)26/h5-12,27H,1-4H3. The molecule has 0 unspecified atom stereocenters. The highest BCUT2D eigenvalue weighted by atomic mass is 79.9. The number of sulfonamides is 1. The normalized spacial score (nSPS) is 12.3. The second-order valence-corrected chi connectivity index (χ2v) is 12.0. The molecule has 0 saturated heterocycles. The van der Waals surface area contributed by atoms with Crippen molar-refractivity contribution in [3.8, 4) is 0 Å². The van der Waals surface area contributed by atoms with E-state index in [-0.39, 0.29) is 10.5 Å². The molecule has 0 saturated carbocycles. The zero-order valence-corrected chi connectivity index (χ0v) is 22.3. The summed E-state index contributed by atoms with van der Waals surface area (Å²) in [5.74, 6) is -0.0678. The van der Waals surface area contributed by atoms with Crippen molar-refractivity contribution in [1.29, 1.82) is 0 Å². The molecule has 33 heavy (non-hydrogen) atoms. The summed E-state index contributed by atoms with van der Waals surface area (Å²) in [6.45, 7) is 5.81. The van der Waals surface area contributed by atoms with Gasteiger partial charge in [-0.3, -0.25) is 4.72 Å². The molecule has 4 rings (SSSR count). The molecule has 0 fully saturated rings. The number of carbonyl (C=O) groups excluding carboxylic acids is 1. The fourth-order valence-electron chi connectivity index (χ4n) is 3.72. The summed E-state index contributed by atoms with van der Waals surface area (Å²) in [4.78, 5) is 12.8. The van der Waals surface area contributed by atoms with Crippen LogP contribution in [0.25, 0.3) is 21.7 Å². The lowest BCUT2D eigenvalue weighted by atomic mass is 9.89. The van der Waals surface area contributed by atoms with Crippen molar-refractivity contribution in [3.63, 3.8) is 0 Å². The number of hydrogen-bond acceptors (Lipinski definition) is 5. The van der Waals surface area contributed by atoms with Crippen LogP contribution in [0, 0.1) is 0 Å². The van der Waals surface area contributed by atoms with E-state index in [0.717, 1.165) is 0 Å². The second kappa shape index (κ2) is 8.45. The molecular formula is C24H21Br2NO5S. The number of carbonyl (C=O) groups is 1. The number of benzene rings is 3. The number of rotatable bonds is 4. The minimum Gasteiger partial charge on any atom is -0.465 e. The Hall–Kier alpha value is -2.36. The Labute approximate surface area is 208 Å². The second-order valence-electron chi connectivity index (χ2n) is 8.57. The van der Waals surface area contributed by atoms with Gasteiger partial charge in [0.05, 0.1) is 12.8 Å². The number of hydrogen-bond donors (Lipinski definition) is 1. The van der Waals surface area contributed by atoms with Crippen molar-refractivity contribution in [2.24, 2.45) is 0 Å². The molecule has 0 radical (unpaired) electrons. The van der Waals surface area contributed by atoms with E-state index in [9.17, 15) is 13.2 Å². The molecule has 4 aromatic rings. The molecule has 3 aromatic carbocycles. The summed E-state index contributed by atoms with van der Waals surface area (Å²) in [7, 11) is -2.65. The molecule has 172 valence electrons. The number of methoxy groups -OCH3 is 1.